The Hall–Kier alpha value is -2.01. The van der Waals surface area contributed by atoms with E-state index in [0.717, 1.165) is 11.1 Å². The van der Waals surface area contributed by atoms with Crippen LogP contribution in [0.5, 0.6) is 5.75 Å². The van der Waals surface area contributed by atoms with Crippen LogP contribution in [0.15, 0.2) is 24.3 Å². The third-order valence-electron chi connectivity index (χ3n) is 2.74. The highest BCUT2D eigenvalue weighted by molar-refractivity contribution is 5.67. The van der Waals surface area contributed by atoms with Gasteiger partial charge in [0.15, 0.2) is 0 Å². The molecule has 0 spiro atoms. The SMILES string of the molecule is C[C@H](O)/C=C/c1ccc(O)cc1CCNC(=O)OC(C)(C)C. The van der Waals surface area contributed by atoms with E-state index in [1.165, 1.54) is 0 Å². The summed E-state index contributed by atoms with van der Waals surface area (Å²) in [6.45, 7) is 7.48. The summed E-state index contributed by atoms with van der Waals surface area (Å²) in [7, 11) is 0. The first-order chi connectivity index (χ1) is 10.2. The Morgan fingerprint density at radius 3 is 2.68 bits per heavy atom. The molecule has 0 aromatic heterocycles. The fourth-order valence-electron chi connectivity index (χ4n) is 1.83. The summed E-state index contributed by atoms with van der Waals surface area (Å²) in [4.78, 5) is 11.6. The van der Waals surface area contributed by atoms with Gasteiger partial charge in [-0.1, -0.05) is 18.2 Å². The number of aromatic hydroxyl groups is 1. The maximum absolute atomic E-state index is 11.6. The van der Waals surface area contributed by atoms with E-state index in [9.17, 15) is 15.0 Å². The van der Waals surface area contributed by atoms with Crippen LogP contribution in [0.2, 0.25) is 0 Å². The highest BCUT2D eigenvalue weighted by Gasteiger charge is 2.15. The Bertz CT molecular complexity index is 530. The van der Waals surface area contributed by atoms with Crippen LogP contribution in [0, 0.1) is 0 Å². The summed E-state index contributed by atoms with van der Waals surface area (Å²) in [6, 6.07) is 5.02. The molecule has 0 saturated carbocycles. The summed E-state index contributed by atoms with van der Waals surface area (Å²) in [5.74, 6) is 0.168. The number of rotatable bonds is 5. The number of alkyl carbamates (subject to hydrolysis) is 1. The maximum Gasteiger partial charge on any atom is 0.407 e. The van der Waals surface area contributed by atoms with E-state index >= 15 is 0 Å². The van der Waals surface area contributed by atoms with Crippen molar-refractivity contribution in [1.29, 1.82) is 0 Å². The van der Waals surface area contributed by atoms with Crippen LogP contribution in [0.4, 0.5) is 4.79 Å². The number of hydrogen-bond acceptors (Lipinski definition) is 4. The van der Waals surface area contributed by atoms with Crippen molar-refractivity contribution in [1.82, 2.24) is 5.32 Å². The highest BCUT2D eigenvalue weighted by atomic mass is 16.6. The fraction of sp³-hybridized carbons (Fsp3) is 0.471. The van der Waals surface area contributed by atoms with Crippen molar-refractivity contribution in [3.8, 4) is 5.75 Å². The lowest BCUT2D eigenvalue weighted by Crippen LogP contribution is -2.33. The lowest BCUT2D eigenvalue weighted by atomic mass is 10.0. The van der Waals surface area contributed by atoms with Gasteiger partial charge in [0.1, 0.15) is 11.4 Å². The third kappa shape index (κ3) is 7.13. The van der Waals surface area contributed by atoms with Gasteiger partial charge in [0, 0.05) is 6.54 Å². The van der Waals surface area contributed by atoms with Gasteiger partial charge in [-0.15, -0.1) is 0 Å². The number of hydrogen-bond donors (Lipinski definition) is 3. The minimum absolute atomic E-state index is 0.168. The molecule has 22 heavy (non-hydrogen) atoms. The van der Waals surface area contributed by atoms with Crippen LogP contribution in [0.25, 0.3) is 6.08 Å². The number of aliphatic hydroxyl groups excluding tert-OH is 1. The highest BCUT2D eigenvalue weighted by Crippen LogP contribution is 2.18. The molecule has 122 valence electrons. The van der Waals surface area contributed by atoms with E-state index < -0.39 is 17.8 Å². The molecule has 0 fully saturated rings. The zero-order valence-corrected chi connectivity index (χ0v) is 13.6. The number of amides is 1. The lowest BCUT2D eigenvalue weighted by molar-refractivity contribution is 0.0528. The standard InChI is InChI=1S/C17H25NO4/c1-12(19)5-6-13-7-8-15(20)11-14(13)9-10-18-16(21)22-17(2,3)4/h5-8,11-12,19-20H,9-10H2,1-4H3,(H,18,21)/b6-5+/t12-/m0/s1. The van der Waals surface area contributed by atoms with Crippen LogP contribution in [-0.4, -0.2) is 34.6 Å². The summed E-state index contributed by atoms with van der Waals surface area (Å²) in [5.41, 5.74) is 1.25. The predicted molar refractivity (Wildman–Crippen MR) is 86.8 cm³/mol. The monoisotopic (exact) mass is 307 g/mol. The predicted octanol–water partition coefficient (Wildman–Crippen LogP) is 2.85. The molecule has 5 nitrogen and oxygen atoms in total. The molecule has 0 aliphatic rings. The minimum atomic E-state index is -0.540. The van der Waals surface area contributed by atoms with Gasteiger partial charge >= 0.3 is 6.09 Å². The first kappa shape index (κ1) is 18.0. The first-order valence-corrected chi connectivity index (χ1v) is 7.32. The van der Waals surface area contributed by atoms with Crippen molar-refractivity contribution in [2.75, 3.05) is 6.54 Å². The molecule has 5 heteroatoms. The largest absolute Gasteiger partial charge is 0.508 e. The molecule has 1 amide bonds. The Morgan fingerprint density at radius 1 is 1.41 bits per heavy atom. The van der Waals surface area contributed by atoms with E-state index in [-0.39, 0.29) is 5.75 Å². The average molecular weight is 307 g/mol. The molecule has 1 atom stereocenters. The second-order valence-corrected chi connectivity index (χ2v) is 6.16. The van der Waals surface area contributed by atoms with Gasteiger partial charge in [0.05, 0.1) is 6.10 Å². The van der Waals surface area contributed by atoms with Crippen LogP contribution >= 0.6 is 0 Å². The van der Waals surface area contributed by atoms with E-state index in [2.05, 4.69) is 5.32 Å². The molecule has 0 radical (unpaired) electrons. The molecule has 0 unspecified atom stereocenters. The van der Waals surface area contributed by atoms with Gasteiger partial charge in [-0.25, -0.2) is 4.79 Å². The van der Waals surface area contributed by atoms with Crippen molar-refractivity contribution >= 4 is 12.2 Å². The summed E-state index contributed by atoms with van der Waals surface area (Å²) in [5, 5.41) is 21.6. The number of carbonyl (C=O) groups is 1. The van der Waals surface area contributed by atoms with E-state index in [1.807, 2.05) is 0 Å². The quantitative estimate of drug-likeness (QED) is 0.781. The molecular formula is C17H25NO4. The van der Waals surface area contributed by atoms with Crippen LogP contribution < -0.4 is 5.32 Å². The molecule has 0 saturated heterocycles. The zero-order valence-electron chi connectivity index (χ0n) is 13.6. The zero-order chi connectivity index (χ0) is 16.8. The molecule has 1 aromatic rings. The fourth-order valence-corrected chi connectivity index (χ4v) is 1.83. The summed E-state index contributed by atoms with van der Waals surface area (Å²) < 4.78 is 5.16. The molecule has 1 aromatic carbocycles. The maximum atomic E-state index is 11.6. The number of carbonyl (C=O) groups excluding carboxylic acids is 1. The Morgan fingerprint density at radius 2 is 2.09 bits per heavy atom. The van der Waals surface area contributed by atoms with E-state index in [1.54, 1.807) is 58.0 Å². The Labute approximate surface area is 131 Å². The van der Waals surface area contributed by atoms with Crippen molar-refractivity contribution in [3.63, 3.8) is 0 Å². The van der Waals surface area contributed by atoms with Gasteiger partial charge in [-0.2, -0.15) is 0 Å². The number of aliphatic hydroxyl groups is 1. The second kappa shape index (κ2) is 7.84. The number of nitrogens with one attached hydrogen (secondary N) is 1. The third-order valence-corrected chi connectivity index (χ3v) is 2.74. The summed E-state index contributed by atoms with van der Waals surface area (Å²) in [6.07, 6.45) is 3.01. The number of ether oxygens (including phenoxy) is 1. The van der Waals surface area contributed by atoms with Gasteiger partial charge in [0.2, 0.25) is 0 Å². The normalized spacial score (nSPS) is 13.1. The number of phenols is 1. The van der Waals surface area contributed by atoms with Gasteiger partial charge in [-0.3, -0.25) is 0 Å². The molecule has 3 N–H and O–H groups in total. The van der Waals surface area contributed by atoms with Crippen LogP contribution in [-0.2, 0) is 11.2 Å². The average Bonchev–Trinajstić information content (AvgIpc) is 2.35. The second-order valence-electron chi connectivity index (χ2n) is 6.16. The van der Waals surface area contributed by atoms with Crippen LogP contribution in [0.3, 0.4) is 0 Å². The van der Waals surface area contributed by atoms with Gasteiger partial charge < -0.3 is 20.3 Å². The Kier molecular flexibility index (Phi) is 6.43. The molecule has 0 aliphatic heterocycles. The smallest absolute Gasteiger partial charge is 0.407 e. The van der Waals surface area contributed by atoms with Crippen molar-refractivity contribution in [3.05, 3.63) is 35.4 Å². The lowest BCUT2D eigenvalue weighted by Gasteiger charge is -2.19. The van der Waals surface area contributed by atoms with Crippen molar-refractivity contribution < 1.29 is 19.7 Å². The number of benzene rings is 1. The van der Waals surface area contributed by atoms with Crippen LogP contribution in [0.1, 0.15) is 38.8 Å². The first-order valence-electron chi connectivity index (χ1n) is 7.32. The summed E-state index contributed by atoms with van der Waals surface area (Å²) >= 11 is 0. The molecule has 1 rings (SSSR count). The molecular weight excluding hydrogens is 282 g/mol. The minimum Gasteiger partial charge on any atom is -0.508 e. The Balaban J connectivity index is 2.65. The van der Waals surface area contributed by atoms with Gasteiger partial charge in [-0.05, 0) is 57.4 Å². The van der Waals surface area contributed by atoms with E-state index in [0.29, 0.717) is 13.0 Å². The van der Waals surface area contributed by atoms with Gasteiger partial charge in [0.25, 0.3) is 0 Å². The number of phenolic OH excluding ortho intramolecular Hbond substituents is 1. The molecule has 0 bridgehead atoms. The van der Waals surface area contributed by atoms with E-state index in [4.69, 9.17) is 4.74 Å². The topological polar surface area (TPSA) is 78.8 Å². The molecule has 0 heterocycles. The van der Waals surface area contributed by atoms with Crippen molar-refractivity contribution in [2.45, 2.75) is 45.8 Å². The molecule has 0 aliphatic carbocycles. The van der Waals surface area contributed by atoms with Crippen molar-refractivity contribution in [2.24, 2.45) is 0 Å².